The molecule has 3 N–H and O–H groups in total. The molecule has 6 heteroatoms. The lowest BCUT2D eigenvalue weighted by molar-refractivity contribution is -0.120. The minimum atomic E-state index is -0.364. The van der Waals surface area contributed by atoms with Gasteiger partial charge < -0.3 is 5.32 Å². The number of carbonyl (C=O) groups excluding carboxylic acids is 1. The summed E-state index contributed by atoms with van der Waals surface area (Å²) in [6.45, 7) is 4.06. The minimum absolute atomic E-state index is 0.0674. The van der Waals surface area contributed by atoms with Crippen LogP contribution in [0, 0.1) is 12.7 Å². The lowest BCUT2D eigenvalue weighted by Gasteiger charge is -2.16. The molecule has 2 aromatic rings. The van der Waals surface area contributed by atoms with Gasteiger partial charge in [-0.05, 0) is 54.4 Å². The molecule has 0 aliphatic rings. The average Bonchev–Trinajstić information content (AvgIpc) is 2.55. The van der Waals surface area contributed by atoms with Crippen LogP contribution in [0.15, 0.2) is 42.5 Å². The first-order valence-electron chi connectivity index (χ1n) is 7.68. The Kier molecular flexibility index (Phi) is 6.26. The van der Waals surface area contributed by atoms with Crippen LogP contribution in [-0.4, -0.2) is 11.0 Å². The van der Waals surface area contributed by atoms with E-state index in [1.54, 1.807) is 12.1 Å². The first-order valence-corrected chi connectivity index (χ1v) is 8.09. The Hall–Kier alpha value is -2.47. The number of benzene rings is 2. The van der Waals surface area contributed by atoms with Gasteiger partial charge in [0.1, 0.15) is 5.82 Å². The normalized spacial score (nSPS) is 10.1. The fraction of sp³-hybridized carbons (Fsp3) is 0.222. The van der Waals surface area contributed by atoms with Gasteiger partial charge in [-0.2, -0.15) is 0 Å². The third-order valence-electron chi connectivity index (χ3n) is 3.55. The SMILES string of the molecule is CCc1cccc(C)c1NC(=S)NNC(=O)Cc1cccc(F)c1. The number of amides is 1. The summed E-state index contributed by atoms with van der Waals surface area (Å²) >= 11 is 5.21. The molecule has 1 amide bonds. The zero-order chi connectivity index (χ0) is 17.5. The van der Waals surface area contributed by atoms with Crippen molar-refractivity contribution >= 4 is 28.9 Å². The molecule has 0 unspecified atom stereocenters. The molecule has 4 nitrogen and oxygen atoms in total. The summed E-state index contributed by atoms with van der Waals surface area (Å²) in [5, 5.41) is 3.40. The van der Waals surface area contributed by atoms with Gasteiger partial charge in [0, 0.05) is 5.69 Å². The molecule has 0 spiro atoms. The molecule has 0 bridgehead atoms. The van der Waals surface area contributed by atoms with Gasteiger partial charge in [-0.25, -0.2) is 4.39 Å². The van der Waals surface area contributed by atoms with Crippen molar-refractivity contribution in [1.29, 1.82) is 0 Å². The number of anilines is 1. The monoisotopic (exact) mass is 345 g/mol. The number of carbonyl (C=O) groups is 1. The van der Waals surface area contributed by atoms with E-state index in [2.05, 4.69) is 23.1 Å². The molecule has 0 atom stereocenters. The van der Waals surface area contributed by atoms with Crippen LogP contribution in [0.1, 0.15) is 23.6 Å². The average molecular weight is 345 g/mol. The Morgan fingerprint density at radius 1 is 1.17 bits per heavy atom. The standard InChI is InChI=1S/C18H20FN3OS/c1-3-14-8-4-6-12(2)17(14)20-18(24)22-21-16(23)11-13-7-5-9-15(19)10-13/h4-10H,3,11H2,1-2H3,(H,21,23)(H2,20,22,24). The summed E-state index contributed by atoms with van der Waals surface area (Å²) in [5.41, 5.74) is 8.94. The second kappa shape index (κ2) is 8.40. The Morgan fingerprint density at radius 2 is 1.92 bits per heavy atom. The molecule has 0 saturated heterocycles. The zero-order valence-corrected chi connectivity index (χ0v) is 14.5. The van der Waals surface area contributed by atoms with Crippen LogP contribution in [0.25, 0.3) is 0 Å². The Labute approximate surface area is 146 Å². The van der Waals surface area contributed by atoms with Gasteiger partial charge in [0.25, 0.3) is 0 Å². The van der Waals surface area contributed by atoms with Gasteiger partial charge in [-0.3, -0.25) is 15.6 Å². The van der Waals surface area contributed by atoms with Crippen molar-refractivity contribution < 1.29 is 9.18 Å². The number of halogens is 1. The summed E-state index contributed by atoms with van der Waals surface area (Å²) in [6.07, 6.45) is 0.941. The molecule has 0 aliphatic heterocycles. The van der Waals surface area contributed by atoms with Crippen LogP contribution in [0.4, 0.5) is 10.1 Å². The van der Waals surface area contributed by atoms with Crippen molar-refractivity contribution in [2.24, 2.45) is 0 Å². The van der Waals surface area contributed by atoms with Crippen LogP contribution >= 0.6 is 12.2 Å². The molecule has 0 aliphatic carbocycles. The maximum Gasteiger partial charge on any atom is 0.242 e. The molecule has 0 heterocycles. The van der Waals surface area contributed by atoms with E-state index in [1.165, 1.54) is 12.1 Å². The van der Waals surface area contributed by atoms with E-state index < -0.39 is 0 Å². The lowest BCUT2D eigenvalue weighted by Crippen LogP contribution is -2.44. The van der Waals surface area contributed by atoms with Crippen molar-refractivity contribution in [1.82, 2.24) is 10.9 Å². The van der Waals surface area contributed by atoms with E-state index in [-0.39, 0.29) is 18.1 Å². The van der Waals surface area contributed by atoms with Gasteiger partial charge in [0.05, 0.1) is 6.42 Å². The molecule has 0 radical (unpaired) electrons. The molecule has 126 valence electrons. The highest BCUT2D eigenvalue weighted by Crippen LogP contribution is 2.20. The Morgan fingerprint density at radius 3 is 2.62 bits per heavy atom. The second-order valence-electron chi connectivity index (χ2n) is 5.40. The molecule has 0 saturated carbocycles. The van der Waals surface area contributed by atoms with Crippen molar-refractivity contribution in [3.8, 4) is 0 Å². The number of aryl methyl sites for hydroxylation is 2. The van der Waals surface area contributed by atoms with E-state index in [9.17, 15) is 9.18 Å². The van der Waals surface area contributed by atoms with Crippen LogP contribution in [0.3, 0.4) is 0 Å². The summed E-state index contributed by atoms with van der Waals surface area (Å²) in [6, 6.07) is 12.0. The Balaban J connectivity index is 1.88. The summed E-state index contributed by atoms with van der Waals surface area (Å²) in [5.74, 6) is -0.664. The van der Waals surface area contributed by atoms with Gasteiger partial charge >= 0.3 is 0 Å². The molecular formula is C18H20FN3OS. The molecule has 2 aromatic carbocycles. The van der Waals surface area contributed by atoms with Crippen molar-refractivity contribution in [2.75, 3.05) is 5.32 Å². The summed E-state index contributed by atoms with van der Waals surface area (Å²) in [4.78, 5) is 11.9. The van der Waals surface area contributed by atoms with Crippen molar-refractivity contribution in [3.05, 3.63) is 65.0 Å². The van der Waals surface area contributed by atoms with Gasteiger partial charge in [0.2, 0.25) is 5.91 Å². The van der Waals surface area contributed by atoms with Crippen molar-refractivity contribution in [3.63, 3.8) is 0 Å². The maximum atomic E-state index is 13.1. The number of thiocarbonyl (C=S) groups is 1. The largest absolute Gasteiger partial charge is 0.331 e. The summed E-state index contributed by atoms with van der Waals surface area (Å²) in [7, 11) is 0. The quantitative estimate of drug-likeness (QED) is 0.588. The van der Waals surface area contributed by atoms with Crippen LogP contribution in [0.5, 0.6) is 0 Å². The fourth-order valence-electron chi connectivity index (χ4n) is 2.35. The number of para-hydroxylation sites is 1. The van der Waals surface area contributed by atoms with Gasteiger partial charge in [-0.1, -0.05) is 37.3 Å². The zero-order valence-electron chi connectivity index (χ0n) is 13.7. The van der Waals surface area contributed by atoms with Crippen LogP contribution < -0.4 is 16.2 Å². The highest BCUT2D eigenvalue weighted by molar-refractivity contribution is 7.80. The Bertz CT molecular complexity index is 749. The number of rotatable bonds is 4. The van der Waals surface area contributed by atoms with Crippen molar-refractivity contribution in [2.45, 2.75) is 26.7 Å². The topological polar surface area (TPSA) is 53.2 Å². The first-order chi connectivity index (χ1) is 11.5. The number of hydrazine groups is 1. The van der Waals surface area contributed by atoms with Crippen LogP contribution in [-0.2, 0) is 17.6 Å². The molecule has 24 heavy (non-hydrogen) atoms. The maximum absolute atomic E-state index is 13.1. The number of hydrogen-bond acceptors (Lipinski definition) is 2. The minimum Gasteiger partial charge on any atom is -0.331 e. The molecule has 0 fully saturated rings. The third-order valence-corrected chi connectivity index (χ3v) is 3.75. The third kappa shape index (κ3) is 5.03. The summed E-state index contributed by atoms with van der Waals surface area (Å²) < 4.78 is 13.1. The molecular weight excluding hydrogens is 325 g/mol. The highest BCUT2D eigenvalue weighted by atomic mass is 32.1. The van der Waals surface area contributed by atoms with Gasteiger partial charge in [-0.15, -0.1) is 0 Å². The van der Waals surface area contributed by atoms with E-state index in [0.717, 1.165) is 23.2 Å². The van der Waals surface area contributed by atoms with Crippen LogP contribution in [0.2, 0.25) is 0 Å². The van der Waals surface area contributed by atoms with E-state index in [1.807, 2.05) is 25.1 Å². The fourth-order valence-corrected chi connectivity index (χ4v) is 2.50. The number of hydrogen-bond donors (Lipinski definition) is 3. The molecule has 0 aromatic heterocycles. The highest BCUT2D eigenvalue weighted by Gasteiger charge is 2.08. The number of nitrogens with one attached hydrogen (secondary N) is 3. The smallest absolute Gasteiger partial charge is 0.242 e. The predicted molar refractivity (Wildman–Crippen MR) is 98.2 cm³/mol. The molecule has 2 rings (SSSR count). The first kappa shape index (κ1) is 17.9. The van der Waals surface area contributed by atoms with E-state index >= 15 is 0 Å². The van der Waals surface area contributed by atoms with Gasteiger partial charge in [0.15, 0.2) is 5.11 Å². The van der Waals surface area contributed by atoms with E-state index in [0.29, 0.717) is 10.7 Å². The second-order valence-corrected chi connectivity index (χ2v) is 5.80. The predicted octanol–water partition coefficient (Wildman–Crippen LogP) is 3.26. The lowest BCUT2D eigenvalue weighted by atomic mass is 10.1. The van der Waals surface area contributed by atoms with E-state index in [4.69, 9.17) is 12.2 Å².